The lowest BCUT2D eigenvalue weighted by molar-refractivity contribution is 0.158. The van der Waals surface area contributed by atoms with Crippen LogP contribution >= 0.6 is 0 Å². The SMILES string of the molecule is CCCCCCNC(=NCC(O)c1ccco1)NCC. The quantitative estimate of drug-likeness (QED) is 0.369. The van der Waals surface area contributed by atoms with Gasteiger partial charge >= 0.3 is 0 Å². The van der Waals surface area contributed by atoms with Gasteiger partial charge in [-0.3, -0.25) is 4.99 Å². The molecule has 1 aromatic rings. The number of rotatable bonds is 9. The van der Waals surface area contributed by atoms with Gasteiger partial charge in [0.1, 0.15) is 11.9 Å². The van der Waals surface area contributed by atoms with Crippen LogP contribution in [0.2, 0.25) is 0 Å². The van der Waals surface area contributed by atoms with Gasteiger partial charge in [0.2, 0.25) is 0 Å². The van der Waals surface area contributed by atoms with Crippen molar-refractivity contribution in [2.24, 2.45) is 4.99 Å². The molecule has 1 aromatic heterocycles. The number of hydrogen-bond acceptors (Lipinski definition) is 3. The number of aliphatic hydroxyl groups is 1. The molecule has 0 spiro atoms. The molecule has 0 aromatic carbocycles. The first-order valence-corrected chi connectivity index (χ1v) is 7.51. The van der Waals surface area contributed by atoms with Gasteiger partial charge in [0, 0.05) is 13.1 Å². The summed E-state index contributed by atoms with van der Waals surface area (Å²) in [5.74, 6) is 1.29. The Labute approximate surface area is 121 Å². The molecule has 0 amide bonds. The summed E-state index contributed by atoms with van der Waals surface area (Å²) in [6, 6.07) is 3.52. The number of nitrogens with one attached hydrogen (secondary N) is 2. The molecule has 114 valence electrons. The number of aliphatic hydroxyl groups excluding tert-OH is 1. The topological polar surface area (TPSA) is 69.8 Å². The maximum Gasteiger partial charge on any atom is 0.191 e. The van der Waals surface area contributed by atoms with Crippen molar-refractivity contribution in [2.45, 2.75) is 45.6 Å². The first kappa shape index (κ1) is 16.6. The van der Waals surface area contributed by atoms with E-state index in [0.29, 0.717) is 5.76 Å². The van der Waals surface area contributed by atoms with Crippen molar-refractivity contribution in [1.29, 1.82) is 0 Å². The minimum Gasteiger partial charge on any atom is -0.467 e. The van der Waals surface area contributed by atoms with Crippen molar-refractivity contribution in [2.75, 3.05) is 19.6 Å². The molecular weight excluding hydrogens is 254 g/mol. The van der Waals surface area contributed by atoms with E-state index in [4.69, 9.17) is 4.42 Å². The van der Waals surface area contributed by atoms with Gasteiger partial charge in [-0.15, -0.1) is 0 Å². The average molecular weight is 281 g/mol. The second kappa shape index (κ2) is 10.3. The van der Waals surface area contributed by atoms with Gasteiger partial charge in [0.05, 0.1) is 12.8 Å². The fraction of sp³-hybridized carbons (Fsp3) is 0.667. The molecular formula is C15H27N3O2. The summed E-state index contributed by atoms with van der Waals surface area (Å²) in [5.41, 5.74) is 0. The Kier molecular flexibility index (Phi) is 8.54. The molecule has 0 radical (unpaired) electrons. The highest BCUT2D eigenvalue weighted by Crippen LogP contribution is 2.12. The third-order valence-electron chi connectivity index (χ3n) is 2.96. The first-order valence-electron chi connectivity index (χ1n) is 7.51. The number of hydrogen-bond donors (Lipinski definition) is 3. The number of aliphatic imine (C=N–C) groups is 1. The Morgan fingerprint density at radius 3 is 2.80 bits per heavy atom. The Bertz CT molecular complexity index is 363. The average Bonchev–Trinajstić information content (AvgIpc) is 2.98. The Balaban J connectivity index is 2.34. The highest BCUT2D eigenvalue weighted by atomic mass is 16.4. The van der Waals surface area contributed by atoms with Crippen LogP contribution in [0.15, 0.2) is 27.8 Å². The predicted molar refractivity (Wildman–Crippen MR) is 81.8 cm³/mol. The lowest BCUT2D eigenvalue weighted by Gasteiger charge is -2.12. The summed E-state index contributed by atoms with van der Waals surface area (Å²) in [6.45, 7) is 6.23. The molecule has 0 bridgehead atoms. The van der Waals surface area contributed by atoms with Crippen molar-refractivity contribution in [3.63, 3.8) is 0 Å². The Hall–Kier alpha value is -1.49. The lowest BCUT2D eigenvalue weighted by atomic mass is 10.2. The summed E-state index contributed by atoms with van der Waals surface area (Å²) in [5, 5.41) is 16.4. The van der Waals surface area contributed by atoms with E-state index in [2.05, 4.69) is 22.5 Å². The van der Waals surface area contributed by atoms with Gasteiger partial charge in [-0.25, -0.2) is 0 Å². The standard InChI is InChI=1S/C15H27N3O2/c1-3-5-6-7-10-17-15(16-4-2)18-12-13(19)14-9-8-11-20-14/h8-9,11,13,19H,3-7,10,12H2,1-2H3,(H2,16,17,18). The molecule has 1 unspecified atom stereocenters. The van der Waals surface area contributed by atoms with Crippen molar-refractivity contribution in [3.05, 3.63) is 24.2 Å². The van der Waals surface area contributed by atoms with Gasteiger partial charge < -0.3 is 20.2 Å². The summed E-state index contributed by atoms with van der Waals surface area (Å²) < 4.78 is 5.15. The largest absolute Gasteiger partial charge is 0.467 e. The van der Waals surface area contributed by atoms with Crippen LogP contribution < -0.4 is 10.6 Å². The van der Waals surface area contributed by atoms with Gasteiger partial charge in [-0.2, -0.15) is 0 Å². The lowest BCUT2D eigenvalue weighted by Crippen LogP contribution is -2.38. The van der Waals surface area contributed by atoms with Crippen molar-refractivity contribution >= 4 is 5.96 Å². The van der Waals surface area contributed by atoms with Gasteiger partial charge in [-0.1, -0.05) is 26.2 Å². The zero-order chi connectivity index (χ0) is 14.6. The van der Waals surface area contributed by atoms with E-state index in [-0.39, 0.29) is 6.54 Å². The van der Waals surface area contributed by atoms with Crippen LogP contribution in [0.5, 0.6) is 0 Å². The maximum absolute atomic E-state index is 9.91. The smallest absolute Gasteiger partial charge is 0.191 e. The molecule has 5 heteroatoms. The predicted octanol–water partition coefficient (Wildman–Crippen LogP) is 2.45. The third-order valence-corrected chi connectivity index (χ3v) is 2.96. The third kappa shape index (κ3) is 6.61. The maximum atomic E-state index is 9.91. The van der Waals surface area contributed by atoms with Crippen molar-refractivity contribution in [1.82, 2.24) is 10.6 Å². The normalized spacial score (nSPS) is 13.2. The zero-order valence-corrected chi connectivity index (χ0v) is 12.6. The number of unbranched alkanes of at least 4 members (excludes halogenated alkanes) is 3. The summed E-state index contributed by atoms with van der Waals surface area (Å²) in [6.07, 6.45) is 5.74. The molecule has 0 aliphatic rings. The number of guanidine groups is 1. The fourth-order valence-corrected chi connectivity index (χ4v) is 1.85. The van der Waals surface area contributed by atoms with E-state index in [9.17, 15) is 5.11 Å². The number of nitrogens with zero attached hydrogens (tertiary/aromatic N) is 1. The molecule has 0 saturated carbocycles. The van der Waals surface area contributed by atoms with Crippen molar-refractivity contribution < 1.29 is 9.52 Å². The van der Waals surface area contributed by atoms with Crippen LogP contribution in [-0.2, 0) is 0 Å². The van der Waals surface area contributed by atoms with Crippen LogP contribution in [0.3, 0.4) is 0 Å². The van der Waals surface area contributed by atoms with Crippen LogP contribution in [0.1, 0.15) is 51.4 Å². The van der Waals surface area contributed by atoms with E-state index in [0.717, 1.165) is 25.5 Å². The van der Waals surface area contributed by atoms with Crippen molar-refractivity contribution in [3.8, 4) is 0 Å². The molecule has 1 rings (SSSR count). The minimum atomic E-state index is -0.694. The molecule has 20 heavy (non-hydrogen) atoms. The van der Waals surface area contributed by atoms with Crippen LogP contribution in [0.25, 0.3) is 0 Å². The van der Waals surface area contributed by atoms with Gasteiger partial charge in [0.15, 0.2) is 5.96 Å². The van der Waals surface area contributed by atoms with E-state index in [1.807, 2.05) is 6.92 Å². The fourth-order valence-electron chi connectivity index (χ4n) is 1.85. The summed E-state index contributed by atoms with van der Waals surface area (Å²) in [4.78, 5) is 4.37. The van der Waals surface area contributed by atoms with Gasteiger partial charge in [0.25, 0.3) is 0 Å². The summed E-state index contributed by atoms with van der Waals surface area (Å²) >= 11 is 0. The molecule has 1 atom stereocenters. The zero-order valence-electron chi connectivity index (χ0n) is 12.6. The second-order valence-corrected chi connectivity index (χ2v) is 4.74. The molecule has 1 heterocycles. The van der Waals surface area contributed by atoms with Crippen LogP contribution in [-0.4, -0.2) is 30.7 Å². The molecule has 0 aliphatic carbocycles. The molecule has 0 saturated heterocycles. The Morgan fingerprint density at radius 2 is 2.15 bits per heavy atom. The number of furan rings is 1. The Morgan fingerprint density at radius 1 is 1.30 bits per heavy atom. The van der Waals surface area contributed by atoms with Crippen LogP contribution in [0.4, 0.5) is 0 Å². The highest BCUT2D eigenvalue weighted by molar-refractivity contribution is 5.79. The molecule has 5 nitrogen and oxygen atoms in total. The minimum absolute atomic E-state index is 0.289. The second-order valence-electron chi connectivity index (χ2n) is 4.74. The van der Waals surface area contributed by atoms with E-state index >= 15 is 0 Å². The van der Waals surface area contributed by atoms with E-state index < -0.39 is 6.10 Å². The van der Waals surface area contributed by atoms with E-state index in [1.165, 1.54) is 19.3 Å². The van der Waals surface area contributed by atoms with E-state index in [1.54, 1.807) is 18.4 Å². The van der Waals surface area contributed by atoms with Crippen LogP contribution in [0, 0.1) is 0 Å². The molecule has 0 aliphatic heterocycles. The highest BCUT2D eigenvalue weighted by Gasteiger charge is 2.09. The first-order chi connectivity index (χ1) is 9.77. The monoisotopic (exact) mass is 281 g/mol. The molecule has 3 N–H and O–H groups in total. The van der Waals surface area contributed by atoms with Gasteiger partial charge in [-0.05, 0) is 25.5 Å². The molecule has 0 fully saturated rings. The summed E-state index contributed by atoms with van der Waals surface area (Å²) in [7, 11) is 0.